The number of benzene rings is 1. The van der Waals surface area contributed by atoms with Gasteiger partial charge in [0.1, 0.15) is 18.1 Å². The number of carbonyl (C=O) groups excluding carboxylic acids is 1. The van der Waals surface area contributed by atoms with Gasteiger partial charge in [0.2, 0.25) is 0 Å². The second kappa shape index (κ2) is 9.58. The number of nitrogens with one attached hydrogen (secondary N) is 1. The van der Waals surface area contributed by atoms with Crippen LogP contribution >= 0.6 is 22.9 Å². The normalized spacial score (nSPS) is 10.6. The zero-order chi connectivity index (χ0) is 17.4. The fourth-order valence-corrected chi connectivity index (χ4v) is 2.89. The summed E-state index contributed by atoms with van der Waals surface area (Å²) in [6.45, 7) is 3.90. The summed E-state index contributed by atoms with van der Waals surface area (Å²) in [5, 5.41) is 5.84. The molecule has 8 heteroatoms. The van der Waals surface area contributed by atoms with Crippen molar-refractivity contribution in [1.82, 2.24) is 4.98 Å². The van der Waals surface area contributed by atoms with Crippen LogP contribution in [0.2, 0.25) is 5.02 Å². The number of amides is 1. The van der Waals surface area contributed by atoms with Gasteiger partial charge >= 0.3 is 0 Å². The number of halogens is 1. The largest absolute Gasteiger partial charge is 0.489 e. The molecule has 2 rings (SSSR count). The van der Waals surface area contributed by atoms with Crippen LogP contribution in [0.5, 0.6) is 5.75 Å². The Hall–Kier alpha value is -1.67. The van der Waals surface area contributed by atoms with Crippen LogP contribution in [0.15, 0.2) is 23.6 Å². The van der Waals surface area contributed by atoms with E-state index in [9.17, 15) is 4.79 Å². The van der Waals surface area contributed by atoms with Crippen LogP contribution < -0.4 is 15.8 Å². The van der Waals surface area contributed by atoms with E-state index in [-0.39, 0.29) is 5.91 Å². The van der Waals surface area contributed by atoms with E-state index in [4.69, 9.17) is 26.8 Å². The summed E-state index contributed by atoms with van der Waals surface area (Å²) in [4.78, 5) is 16.6. The maximum Gasteiger partial charge on any atom is 0.275 e. The first-order valence-corrected chi connectivity index (χ1v) is 8.85. The SMILES string of the molecule is CCOCCOc1ccc(Cl)cc1NC(=O)c1csc(CCN)n1. The van der Waals surface area contributed by atoms with Crippen molar-refractivity contribution in [3.63, 3.8) is 0 Å². The lowest BCUT2D eigenvalue weighted by molar-refractivity contribution is 0.102. The predicted octanol–water partition coefficient (Wildman–Crippen LogP) is 2.97. The first-order chi connectivity index (χ1) is 11.6. The molecule has 0 aliphatic heterocycles. The van der Waals surface area contributed by atoms with Gasteiger partial charge in [0, 0.05) is 23.4 Å². The van der Waals surface area contributed by atoms with Crippen molar-refractivity contribution < 1.29 is 14.3 Å². The molecular formula is C16H20ClN3O3S. The predicted molar refractivity (Wildman–Crippen MR) is 96.3 cm³/mol. The summed E-state index contributed by atoms with van der Waals surface area (Å²) in [7, 11) is 0. The molecule has 1 aromatic heterocycles. The summed E-state index contributed by atoms with van der Waals surface area (Å²) in [6.07, 6.45) is 0.654. The molecule has 24 heavy (non-hydrogen) atoms. The Balaban J connectivity index is 2.06. The highest BCUT2D eigenvalue weighted by Crippen LogP contribution is 2.28. The Labute approximate surface area is 149 Å². The summed E-state index contributed by atoms with van der Waals surface area (Å²) < 4.78 is 10.9. The van der Waals surface area contributed by atoms with Gasteiger partial charge in [0.25, 0.3) is 5.91 Å². The highest BCUT2D eigenvalue weighted by atomic mass is 35.5. The van der Waals surface area contributed by atoms with E-state index in [2.05, 4.69) is 10.3 Å². The molecule has 0 bridgehead atoms. The summed E-state index contributed by atoms with van der Waals surface area (Å²) in [5.74, 6) is 0.219. The highest BCUT2D eigenvalue weighted by Gasteiger charge is 2.14. The number of aromatic nitrogens is 1. The number of anilines is 1. The molecule has 0 spiro atoms. The third kappa shape index (κ3) is 5.45. The van der Waals surface area contributed by atoms with Crippen molar-refractivity contribution in [2.45, 2.75) is 13.3 Å². The number of rotatable bonds is 9. The topological polar surface area (TPSA) is 86.5 Å². The van der Waals surface area contributed by atoms with Crippen molar-refractivity contribution in [3.05, 3.63) is 39.3 Å². The molecule has 0 fully saturated rings. The number of thiazole rings is 1. The molecule has 0 aliphatic carbocycles. The van der Waals surface area contributed by atoms with E-state index in [1.54, 1.807) is 23.6 Å². The number of hydrogen-bond acceptors (Lipinski definition) is 6. The van der Waals surface area contributed by atoms with Gasteiger partial charge in [-0.25, -0.2) is 4.98 Å². The minimum Gasteiger partial charge on any atom is -0.489 e. The first-order valence-electron chi connectivity index (χ1n) is 7.60. The van der Waals surface area contributed by atoms with Gasteiger partial charge in [-0.2, -0.15) is 0 Å². The maximum atomic E-state index is 12.3. The molecule has 1 aromatic carbocycles. The van der Waals surface area contributed by atoms with Crippen LogP contribution in [0.4, 0.5) is 5.69 Å². The summed E-state index contributed by atoms with van der Waals surface area (Å²) in [6, 6.07) is 5.06. The van der Waals surface area contributed by atoms with E-state index in [0.717, 1.165) is 5.01 Å². The van der Waals surface area contributed by atoms with Crippen molar-refractivity contribution in [1.29, 1.82) is 0 Å². The molecule has 0 unspecified atom stereocenters. The molecule has 6 nitrogen and oxygen atoms in total. The zero-order valence-electron chi connectivity index (χ0n) is 13.4. The van der Waals surface area contributed by atoms with Crippen molar-refractivity contribution in [3.8, 4) is 5.75 Å². The van der Waals surface area contributed by atoms with E-state index in [0.29, 0.717) is 54.9 Å². The molecule has 0 radical (unpaired) electrons. The molecule has 2 aromatic rings. The van der Waals surface area contributed by atoms with Gasteiger partial charge in [0.15, 0.2) is 0 Å². The monoisotopic (exact) mass is 369 g/mol. The lowest BCUT2D eigenvalue weighted by atomic mass is 10.2. The fraction of sp³-hybridized carbons (Fsp3) is 0.375. The van der Waals surface area contributed by atoms with E-state index in [1.807, 2.05) is 6.92 Å². The van der Waals surface area contributed by atoms with Crippen LogP contribution in [-0.4, -0.2) is 37.3 Å². The lowest BCUT2D eigenvalue weighted by Crippen LogP contribution is -2.14. The van der Waals surface area contributed by atoms with Crippen LogP contribution in [0.25, 0.3) is 0 Å². The Morgan fingerprint density at radius 3 is 3.00 bits per heavy atom. The second-order valence-corrected chi connectivity index (χ2v) is 6.18. The van der Waals surface area contributed by atoms with Crippen molar-refractivity contribution in [2.24, 2.45) is 5.73 Å². The molecule has 0 atom stereocenters. The van der Waals surface area contributed by atoms with E-state index >= 15 is 0 Å². The van der Waals surface area contributed by atoms with Gasteiger partial charge in [-0.15, -0.1) is 11.3 Å². The lowest BCUT2D eigenvalue weighted by Gasteiger charge is -2.12. The molecule has 1 heterocycles. The Morgan fingerprint density at radius 1 is 1.42 bits per heavy atom. The van der Waals surface area contributed by atoms with Crippen LogP contribution in [0.1, 0.15) is 22.4 Å². The fourth-order valence-electron chi connectivity index (χ4n) is 1.92. The minimum atomic E-state index is -0.313. The number of hydrogen-bond donors (Lipinski definition) is 2. The highest BCUT2D eigenvalue weighted by molar-refractivity contribution is 7.09. The zero-order valence-corrected chi connectivity index (χ0v) is 15.0. The number of ether oxygens (including phenoxy) is 2. The molecule has 1 amide bonds. The quantitative estimate of drug-likeness (QED) is 0.663. The average molecular weight is 370 g/mol. The van der Waals surface area contributed by atoms with Crippen molar-refractivity contribution >= 4 is 34.5 Å². The smallest absolute Gasteiger partial charge is 0.275 e. The van der Waals surface area contributed by atoms with Gasteiger partial charge in [-0.3, -0.25) is 4.79 Å². The molecule has 0 saturated heterocycles. The molecule has 3 N–H and O–H groups in total. The van der Waals surface area contributed by atoms with Crippen molar-refractivity contribution in [2.75, 3.05) is 31.7 Å². The minimum absolute atomic E-state index is 0.313. The summed E-state index contributed by atoms with van der Waals surface area (Å²) in [5.41, 5.74) is 6.35. The van der Waals surface area contributed by atoms with Gasteiger partial charge in [0.05, 0.1) is 17.3 Å². The van der Waals surface area contributed by atoms with Gasteiger partial charge in [-0.05, 0) is 31.7 Å². The Kier molecular flexibility index (Phi) is 7.45. The van der Waals surface area contributed by atoms with Gasteiger partial charge < -0.3 is 20.5 Å². The molecular weight excluding hydrogens is 350 g/mol. The van der Waals surface area contributed by atoms with Crippen LogP contribution in [-0.2, 0) is 11.2 Å². The van der Waals surface area contributed by atoms with Gasteiger partial charge in [-0.1, -0.05) is 11.6 Å². The summed E-state index contributed by atoms with van der Waals surface area (Å²) >= 11 is 7.43. The van der Waals surface area contributed by atoms with Crippen LogP contribution in [0.3, 0.4) is 0 Å². The number of carbonyl (C=O) groups is 1. The third-order valence-electron chi connectivity index (χ3n) is 3.02. The Bertz CT molecular complexity index is 678. The molecule has 130 valence electrons. The second-order valence-electron chi connectivity index (χ2n) is 4.81. The molecule has 0 aliphatic rings. The first kappa shape index (κ1) is 18.7. The van der Waals surface area contributed by atoms with E-state index in [1.165, 1.54) is 11.3 Å². The third-order valence-corrected chi connectivity index (χ3v) is 4.17. The number of nitrogens with zero attached hydrogens (tertiary/aromatic N) is 1. The average Bonchev–Trinajstić information content (AvgIpc) is 3.02. The molecule has 0 saturated carbocycles. The van der Waals surface area contributed by atoms with E-state index < -0.39 is 0 Å². The maximum absolute atomic E-state index is 12.3. The number of nitrogens with two attached hydrogens (primary N) is 1. The standard InChI is InChI=1S/C16H20ClN3O3S/c1-2-22-7-8-23-14-4-3-11(17)9-12(14)20-16(21)13-10-24-15(19-13)5-6-18/h3-4,9-10H,2,5-8,18H2,1H3,(H,20,21). The Morgan fingerprint density at radius 2 is 2.25 bits per heavy atom. The van der Waals surface area contributed by atoms with Crippen LogP contribution in [0, 0.1) is 0 Å².